The average molecular weight is 1510 g/mol. The molecule has 5 atom stereocenters. The lowest BCUT2D eigenvalue weighted by atomic mass is 10.0. The van der Waals surface area contributed by atoms with Crippen molar-refractivity contribution in [3.05, 3.63) is 0 Å². The number of hydrogen-bond donors (Lipinski definition) is 3. The van der Waals surface area contributed by atoms with Crippen LogP contribution in [0.2, 0.25) is 0 Å². The van der Waals surface area contributed by atoms with E-state index in [-0.39, 0.29) is 25.7 Å². The Morgan fingerprint density at radius 3 is 0.660 bits per heavy atom. The summed E-state index contributed by atoms with van der Waals surface area (Å²) in [5.41, 5.74) is 0. The third-order valence-corrected chi connectivity index (χ3v) is 21.6. The number of rotatable bonds is 83. The van der Waals surface area contributed by atoms with Crippen LogP contribution in [-0.4, -0.2) is 96.7 Å². The van der Waals surface area contributed by atoms with Crippen LogP contribution in [0.4, 0.5) is 0 Å². The van der Waals surface area contributed by atoms with E-state index in [0.29, 0.717) is 25.7 Å². The number of carbonyl (C=O) groups is 4. The number of ether oxygens (including phenoxy) is 4. The molecule has 103 heavy (non-hydrogen) atoms. The Kier molecular flexibility index (Phi) is 74.1. The number of aliphatic hydroxyl groups is 1. The Morgan fingerprint density at radius 1 is 0.262 bits per heavy atom. The van der Waals surface area contributed by atoms with Gasteiger partial charge in [0.2, 0.25) is 0 Å². The monoisotopic (exact) mass is 1510 g/mol. The predicted molar refractivity (Wildman–Crippen MR) is 423 cm³/mol. The Bertz CT molecular complexity index is 1980. The van der Waals surface area contributed by atoms with Gasteiger partial charge in [0.05, 0.1) is 26.4 Å². The van der Waals surface area contributed by atoms with Crippen LogP contribution in [0.25, 0.3) is 0 Å². The van der Waals surface area contributed by atoms with Crippen molar-refractivity contribution in [3.8, 4) is 0 Å². The lowest BCUT2D eigenvalue weighted by Gasteiger charge is -2.21. The van der Waals surface area contributed by atoms with Crippen molar-refractivity contribution in [1.82, 2.24) is 0 Å². The summed E-state index contributed by atoms with van der Waals surface area (Å²) in [4.78, 5) is 73.1. The van der Waals surface area contributed by atoms with Gasteiger partial charge in [0.1, 0.15) is 19.3 Å². The molecule has 612 valence electrons. The largest absolute Gasteiger partial charge is 0.472 e. The van der Waals surface area contributed by atoms with E-state index in [1.54, 1.807) is 0 Å². The Labute approximate surface area is 632 Å². The van der Waals surface area contributed by atoms with Gasteiger partial charge in [-0.2, -0.15) is 0 Å². The second kappa shape index (κ2) is 75.5. The second-order valence-corrected chi connectivity index (χ2v) is 34.1. The maximum Gasteiger partial charge on any atom is 0.472 e. The molecule has 0 bridgehead atoms. The first-order valence-electron chi connectivity index (χ1n) is 43.5. The minimum Gasteiger partial charge on any atom is -0.462 e. The molecular formula is C84H164O17P2. The van der Waals surface area contributed by atoms with Crippen LogP contribution in [0.5, 0.6) is 0 Å². The summed E-state index contributed by atoms with van der Waals surface area (Å²) in [5.74, 6) is -0.587. The molecule has 0 rings (SSSR count). The van der Waals surface area contributed by atoms with Crippen LogP contribution in [0.1, 0.15) is 446 Å². The molecule has 0 fully saturated rings. The van der Waals surface area contributed by atoms with Crippen LogP contribution in [0.15, 0.2) is 0 Å². The molecule has 19 heteroatoms. The van der Waals surface area contributed by atoms with E-state index in [2.05, 4.69) is 41.5 Å². The molecular weight excluding hydrogens is 1340 g/mol. The molecule has 0 saturated heterocycles. The van der Waals surface area contributed by atoms with E-state index in [9.17, 15) is 43.2 Å². The highest BCUT2D eigenvalue weighted by Crippen LogP contribution is 2.45. The highest BCUT2D eigenvalue weighted by atomic mass is 31.2. The number of phosphoric acid groups is 2. The van der Waals surface area contributed by atoms with E-state index in [0.717, 1.165) is 102 Å². The summed E-state index contributed by atoms with van der Waals surface area (Å²) in [7, 11) is -9.92. The number of carbonyl (C=O) groups excluding carboxylic acids is 4. The first-order chi connectivity index (χ1) is 49.9. The Morgan fingerprint density at radius 2 is 0.447 bits per heavy atom. The van der Waals surface area contributed by atoms with E-state index < -0.39 is 97.5 Å². The van der Waals surface area contributed by atoms with Gasteiger partial charge in [0, 0.05) is 25.7 Å². The maximum absolute atomic E-state index is 13.1. The second-order valence-electron chi connectivity index (χ2n) is 31.2. The van der Waals surface area contributed by atoms with Crippen molar-refractivity contribution < 1.29 is 80.2 Å². The number of unbranched alkanes of at least 4 members (excludes halogenated alkanes) is 53. The number of phosphoric ester groups is 2. The number of hydrogen-bond acceptors (Lipinski definition) is 15. The quantitative estimate of drug-likeness (QED) is 0.0222. The Hall–Kier alpha value is -1.94. The summed E-state index contributed by atoms with van der Waals surface area (Å²) in [6, 6.07) is 0. The van der Waals surface area contributed by atoms with Crippen LogP contribution in [0.3, 0.4) is 0 Å². The van der Waals surface area contributed by atoms with E-state index in [1.807, 2.05) is 0 Å². The summed E-state index contributed by atoms with van der Waals surface area (Å²) >= 11 is 0. The van der Waals surface area contributed by atoms with Crippen molar-refractivity contribution in [2.75, 3.05) is 39.6 Å². The van der Waals surface area contributed by atoms with Crippen molar-refractivity contribution in [1.29, 1.82) is 0 Å². The molecule has 0 radical (unpaired) electrons. The fraction of sp³-hybridized carbons (Fsp3) is 0.952. The highest BCUT2D eigenvalue weighted by molar-refractivity contribution is 7.47. The first kappa shape index (κ1) is 101. The van der Waals surface area contributed by atoms with Crippen LogP contribution >= 0.6 is 15.6 Å². The molecule has 2 unspecified atom stereocenters. The minimum absolute atomic E-state index is 0.108. The van der Waals surface area contributed by atoms with E-state index in [4.69, 9.17) is 37.0 Å². The van der Waals surface area contributed by atoms with Gasteiger partial charge in [0.25, 0.3) is 0 Å². The van der Waals surface area contributed by atoms with Gasteiger partial charge >= 0.3 is 39.5 Å². The fourth-order valence-corrected chi connectivity index (χ4v) is 14.6. The highest BCUT2D eigenvalue weighted by Gasteiger charge is 2.30. The zero-order valence-corrected chi connectivity index (χ0v) is 69.4. The van der Waals surface area contributed by atoms with E-state index in [1.165, 1.54) is 263 Å². The third kappa shape index (κ3) is 78.0. The van der Waals surface area contributed by atoms with E-state index >= 15 is 0 Å². The predicted octanol–water partition coefficient (Wildman–Crippen LogP) is 25.5. The summed E-state index contributed by atoms with van der Waals surface area (Å²) < 4.78 is 68.8. The lowest BCUT2D eigenvalue weighted by molar-refractivity contribution is -0.161. The van der Waals surface area contributed by atoms with Crippen molar-refractivity contribution in [3.63, 3.8) is 0 Å². The van der Waals surface area contributed by atoms with Gasteiger partial charge in [-0.1, -0.05) is 395 Å². The van der Waals surface area contributed by atoms with Crippen molar-refractivity contribution in [2.24, 2.45) is 11.8 Å². The van der Waals surface area contributed by atoms with Crippen LogP contribution < -0.4 is 0 Å². The SMILES string of the molecule is CCCCCCCCCCCCCCCCCCCCCCCC(=O)O[C@H](COC(=O)CCCCCCCCCCCCCCCC(C)C)COP(=O)(O)OC[C@@H](O)COP(=O)(O)OC[C@@H](COC(=O)CCCCCCCCCCC(C)C)OC(=O)CCCCCCCCCCCCCCCCC. The van der Waals surface area contributed by atoms with Gasteiger partial charge in [-0.3, -0.25) is 37.3 Å². The smallest absolute Gasteiger partial charge is 0.462 e. The standard InChI is InChI=1S/C84H164O17P2/c1-7-9-11-13-15-17-19-21-23-24-25-26-27-28-30-34-39-43-51-57-63-69-83(88)100-79(72-94-81(86)66-60-54-48-41-37-35-31-32-36-40-46-52-58-64-76(3)4)74-98-102(90,91)96-70-78(85)71-97-103(92,93)99-75-80(73-95-82(87)67-61-55-49-45-44-47-53-59-65-77(5)6)101-84(89)68-62-56-50-42-38-33-29-22-20-18-16-14-12-10-8-2/h76-80,85H,7-75H2,1-6H3,(H,90,91)(H,92,93)/t78-,79-,80-/m1/s1. The number of esters is 4. The molecule has 17 nitrogen and oxygen atoms in total. The van der Waals surface area contributed by atoms with Crippen LogP contribution in [-0.2, 0) is 65.4 Å². The molecule has 0 aromatic carbocycles. The topological polar surface area (TPSA) is 237 Å². The minimum atomic E-state index is -4.96. The molecule has 0 spiro atoms. The molecule has 0 aliphatic heterocycles. The molecule has 0 aromatic heterocycles. The molecule has 0 aromatic rings. The molecule has 0 aliphatic carbocycles. The van der Waals surface area contributed by atoms with Gasteiger partial charge in [-0.15, -0.1) is 0 Å². The summed E-state index contributed by atoms with van der Waals surface area (Å²) in [6.07, 6.45) is 66.7. The summed E-state index contributed by atoms with van der Waals surface area (Å²) in [5, 5.41) is 10.7. The van der Waals surface area contributed by atoms with Crippen molar-refractivity contribution >= 4 is 39.5 Å². The number of aliphatic hydroxyl groups excluding tert-OH is 1. The lowest BCUT2D eigenvalue weighted by Crippen LogP contribution is -2.30. The van der Waals surface area contributed by atoms with Gasteiger partial charge < -0.3 is 33.8 Å². The fourth-order valence-electron chi connectivity index (χ4n) is 13.1. The first-order valence-corrected chi connectivity index (χ1v) is 46.5. The molecule has 3 N–H and O–H groups in total. The molecule has 0 aliphatic rings. The van der Waals surface area contributed by atoms with Gasteiger partial charge in [-0.05, 0) is 37.5 Å². The maximum atomic E-state index is 13.1. The van der Waals surface area contributed by atoms with Gasteiger partial charge in [-0.25, -0.2) is 9.13 Å². The molecule has 0 heterocycles. The zero-order chi connectivity index (χ0) is 75.6. The Balaban J connectivity index is 5.24. The third-order valence-electron chi connectivity index (χ3n) is 19.7. The normalized spacial score (nSPS) is 13.9. The molecule has 0 amide bonds. The van der Waals surface area contributed by atoms with Crippen molar-refractivity contribution in [2.45, 2.75) is 464 Å². The zero-order valence-electron chi connectivity index (χ0n) is 67.6. The summed E-state index contributed by atoms with van der Waals surface area (Å²) in [6.45, 7) is 9.64. The molecule has 0 saturated carbocycles. The van der Waals surface area contributed by atoms with Gasteiger partial charge in [0.15, 0.2) is 12.2 Å². The average Bonchev–Trinajstić information content (AvgIpc) is 0.911. The van der Waals surface area contributed by atoms with Crippen LogP contribution in [0, 0.1) is 11.8 Å².